The van der Waals surface area contributed by atoms with Crippen molar-refractivity contribution in [1.29, 1.82) is 0 Å². The van der Waals surface area contributed by atoms with Crippen molar-refractivity contribution >= 4 is 17.7 Å². The molecular formula is C18H24N2O3S. The van der Waals surface area contributed by atoms with E-state index in [2.05, 4.69) is 4.98 Å². The van der Waals surface area contributed by atoms with E-state index in [1.54, 1.807) is 6.20 Å². The number of rotatable bonds is 4. The number of nitrogens with zero attached hydrogens (tertiary/aromatic N) is 2. The number of pyridine rings is 1. The summed E-state index contributed by atoms with van der Waals surface area (Å²) in [4.78, 5) is 18.9. The fourth-order valence-electron chi connectivity index (χ4n) is 3.82. The first-order valence-corrected chi connectivity index (χ1v) is 9.75. The SMILES string of the molecule is O=C(C1CCOCC1)N1CC2(C[C@@H](OCc3ccccn3)CS2)C1. The second-order valence-corrected chi connectivity index (χ2v) is 8.52. The number of carbonyl (C=O) groups excluding carboxylic acids is 1. The molecule has 3 aliphatic rings. The molecule has 0 N–H and O–H groups in total. The van der Waals surface area contributed by atoms with Gasteiger partial charge in [-0.3, -0.25) is 9.78 Å². The molecule has 1 amide bonds. The number of hydrogen-bond acceptors (Lipinski definition) is 5. The zero-order valence-corrected chi connectivity index (χ0v) is 14.7. The van der Waals surface area contributed by atoms with E-state index in [1.807, 2.05) is 34.9 Å². The molecule has 4 heterocycles. The van der Waals surface area contributed by atoms with Gasteiger partial charge in [0.15, 0.2) is 0 Å². The van der Waals surface area contributed by atoms with Crippen LogP contribution in [0, 0.1) is 5.92 Å². The summed E-state index contributed by atoms with van der Waals surface area (Å²) in [6.45, 7) is 3.81. The second-order valence-electron chi connectivity index (χ2n) is 7.03. The molecule has 0 bridgehead atoms. The van der Waals surface area contributed by atoms with Crippen LogP contribution in [0.2, 0.25) is 0 Å². The predicted molar refractivity (Wildman–Crippen MR) is 92.7 cm³/mol. The molecule has 1 atom stereocenters. The standard InChI is InChI=1S/C18H24N2O3S/c21-17(14-4-7-22-8-5-14)20-12-18(13-20)9-16(11-24-18)23-10-15-3-1-2-6-19-15/h1-3,6,14,16H,4-5,7-13H2/t16-/m1/s1. The van der Waals surface area contributed by atoms with Gasteiger partial charge < -0.3 is 14.4 Å². The van der Waals surface area contributed by atoms with Crippen molar-refractivity contribution in [2.45, 2.75) is 36.7 Å². The van der Waals surface area contributed by atoms with Gasteiger partial charge in [-0.05, 0) is 31.4 Å². The zero-order chi connectivity index (χ0) is 16.4. The lowest BCUT2D eigenvalue weighted by Gasteiger charge is -2.48. The van der Waals surface area contributed by atoms with Crippen LogP contribution in [0.15, 0.2) is 24.4 Å². The maximum atomic E-state index is 12.5. The fraction of sp³-hybridized carbons (Fsp3) is 0.667. The Bertz CT molecular complexity index is 571. The summed E-state index contributed by atoms with van der Waals surface area (Å²) < 4.78 is 11.6. The van der Waals surface area contributed by atoms with E-state index in [0.717, 1.165) is 57.0 Å². The molecule has 0 radical (unpaired) electrons. The normalized spacial score (nSPS) is 26.5. The van der Waals surface area contributed by atoms with Gasteiger partial charge in [0.1, 0.15) is 0 Å². The molecule has 0 aliphatic carbocycles. The molecule has 0 saturated carbocycles. The molecule has 3 aliphatic heterocycles. The highest BCUT2D eigenvalue weighted by Crippen LogP contribution is 2.46. The number of aromatic nitrogens is 1. The number of thioether (sulfide) groups is 1. The minimum atomic E-state index is 0.179. The third-order valence-electron chi connectivity index (χ3n) is 5.21. The van der Waals surface area contributed by atoms with Gasteiger partial charge in [-0.1, -0.05) is 6.07 Å². The number of hydrogen-bond donors (Lipinski definition) is 0. The maximum Gasteiger partial charge on any atom is 0.225 e. The van der Waals surface area contributed by atoms with E-state index in [0.29, 0.717) is 12.5 Å². The minimum Gasteiger partial charge on any atom is -0.381 e. The number of likely N-dealkylation sites (tertiary alicyclic amines) is 1. The zero-order valence-electron chi connectivity index (χ0n) is 13.9. The van der Waals surface area contributed by atoms with Gasteiger partial charge in [-0.15, -0.1) is 11.8 Å². The summed E-state index contributed by atoms with van der Waals surface area (Å²) in [5.74, 6) is 1.53. The highest BCUT2D eigenvalue weighted by molar-refractivity contribution is 8.01. The molecule has 3 fully saturated rings. The first-order valence-electron chi connectivity index (χ1n) is 8.76. The molecule has 0 unspecified atom stereocenters. The van der Waals surface area contributed by atoms with Crippen molar-refractivity contribution in [3.63, 3.8) is 0 Å². The van der Waals surface area contributed by atoms with Gasteiger partial charge in [0.05, 0.1) is 23.2 Å². The second kappa shape index (κ2) is 7.02. The molecule has 1 aromatic rings. The van der Waals surface area contributed by atoms with Gasteiger partial charge in [-0.2, -0.15) is 0 Å². The van der Waals surface area contributed by atoms with E-state index in [-0.39, 0.29) is 16.8 Å². The lowest BCUT2D eigenvalue weighted by Crippen LogP contribution is -2.62. The Balaban J connectivity index is 1.23. The topological polar surface area (TPSA) is 51.7 Å². The van der Waals surface area contributed by atoms with Crippen LogP contribution in [-0.2, 0) is 20.9 Å². The summed E-state index contributed by atoms with van der Waals surface area (Å²) in [5.41, 5.74) is 0.980. The number of ether oxygens (including phenoxy) is 2. The minimum absolute atomic E-state index is 0.179. The molecule has 1 aromatic heterocycles. The van der Waals surface area contributed by atoms with Crippen LogP contribution in [0.3, 0.4) is 0 Å². The van der Waals surface area contributed by atoms with Crippen LogP contribution >= 0.6 is 11.8 Å². The van der Waals surface area contributed by atoms with Crippen LogP contribution in [0.4, 0.5) is 0 Å². The predicted octanol–water partition coefficient (Wildman–Crippen LogP) is 2.11. The van der Waals surface area contributed by atoms with Crippen molar-refractivity contribution in [2.24, 2.45) is 5.92 Å². The summed E-state index contributed by atoms with van der Waals surface area (Å²) in [5, 5.41) is 0. The third kappa shape index (κ3) is 3.46. The van der Waals surface area contributed by atoms with Crippen molar-refractivity contribution in [3.05, 3.63) is 30.1 Å². The first-order chi connectivity index (χ1) is 11.7. The Morgan fingerprint density at radius 2 is 2.21 bits per heavy atom. The van der Waals surface area contributed by atoms with Crippen LogP contribution < -0.4 is 0 Å². The van der Waals surface area contributed by atoms with Gasteiger partial charge in [0.25, 0.3) is 0 Å². The fourth-order valence-corrected chi connectivity index (χ4v) is 5.38. The van der Waals surface area contributed by atoms with Gasteiger partial charge in [0, 0.05) is 44.2 Å². The quantitative estimate of drug-likeness (QED) is 0.834. The lowest BCUT2D eigenvalue weighted by molar-refractivity contribution is -0.144. The van der Waals surface area contributed by atoms with Crippen molar-refractivity contribution in [1.82, 2.24) is 9.88 Å². The summed E-state index contributed by atoms with van der Waals surface area (Å²) in [7, 11) is 0. The number of amides is 1. The molecule has 130 valence electrons. The van der Waals surface area contributed by atoms with Crippen LogP contribution in [0.1, 0.15) is 25.0 Å². The maximum absolute atomic E-state index is 12.5. The molecule has 3 saturated heterocycles. The summed E-state index contributed by atoms with van der Waals surface area (Å²) in [6, 6.07) is 5.90. The van der Waals surface area contributed by atoms with E-state index in [1.165, 1.54) is 0 Å². The molecule has 6 heteroatoms. The number of carbonyl (C=O) groups is 1. The largest absolute Gasteiger partial charge is 0.381 e. The van der Waals surface area contributed by atoms with Crippen LogP contribution in [0.25, 0.3) is 0 Å². The first kappa shape index (κ1) is 16.4. The van der Waals surface area contributed by atoms with Crippen molar-refractivity contribution < 1.29 is 14.3 Å². The Labute approximate surface area is 147 Å². The lowest BCUT2D eigenvalue weighted by atomic mass is 9.89. The third-order valence-corrected chi connectivity index (χ3v) is 6.78. The van der Waals surface area contributed by atoms with E-state index in [4.69, 9.17) is 9.47 Å². The van der Waals surface area contributed by atoms with Crippen LogP contribution in [-0.4, -0.2) is 58.7 Å². The molecule has 1 spiro atoms. The summed E-state index contributed by atoms with van der Waals surface area (Å²) in [6.07, 6.45) is 4.88. The molecule has 0 aromatic carbocycles. The molecule has 4 rings (SSSR count). The Hall–Kier alpha value is -1.11. The van der Waals surface area contributed by atoms with E-state index < -0.39 is 0 Å². The Morgan fingerprint density at radius 3 is 2.96 bits per heavy atom. The average molecular weight is 348 g/mol. The van der Waals surface area contributed by atoms with Crippen molar-refractivity contribution in [3.8, 4) is 0 Å². The summed E-state index contributed by atoms with van der Waals surface area (Å²) >= 11 is 1.98. The highest BCUT2D eigenvalue weighted by atomic mass is 32.2. The molecule has 24 heavy (non-hydrogen) atoms. The van der Waals surface area contributed by atoms with Crippen LogP contribution in [0.5, 0.6) is 0 Å². The Morgan fingerprint density at radius 1 is 1.38 bits per heavy atom. The molecular weight excluding hydrogens is 324 g/mol. The molecule has 5 nitrogen and oxygen atoms in total. The van der Waals surface area contributed by atoms with Crippen molar-refractivity contribution in [2.75, 3.05) is 32.1 Å². The van der Waals surface area contributed by atoms with Gasteiger partial charge in [0.2, 0.25) is 5.91 Å². The van der Waals surface area contributed by atoms with Gasteiger partial charge >= 0.3 is 0 Å². The average Bonchev–Trinajstić information content (AvgIpc) is 3.04. The highest BCUT2D eigenvalue weighted by Gasteiger charge is 2.51. The van der Waals surface area contributed by atoms with Gasteiger partial charge in [-0.25, -0.2) is 0 Å². The monoisotopic (exact) mass is 348 g/mol. The van der Waals surface area contributed by atoms with E-state index in [9.17, 15) is 4.79 Å². The van der Waals surface area contributed by atoms with E-state index >= 15 is 0 Å². The Kier molecular flexibility index (Phi) is 4.79. The smallest absolute Gasteiger partial charge is 0.225 e.